The standard InChI is InChI=1S/C14H13ClN4S2/c1-8(9-4-3-5-10(15)6-9)18-12-11-13(17-7-16-12)19-14(20-2)21-11/h3-8H,1-2H3,(H,16,17,18). The van der Waals surface area contributed by atoms with Crippen LogP contribution in [0.25, 0.3) is 10.3 Å². The summed E-state index contributed by atoms with van der Waals surface area (Å²) >= 11 is 9.26. The predicted molar refractivity (Wildman–Crippen MR) is 90.5 cm³/mol. The Kier molecular flexibility index (Phi) is 4.28. The van der Waals surface area contributed by atoms with Crippen molar-refractivity contribution in [2.45, 2.75) is 17.3 Å². The van der Waals surface area contributed by atoms with Gasteiger partial charge in [-0.25, -0.2) is 15.0 Å². The Morgan fingerprint density at radius 3 is 2.95 bits per heavy atom. The maximum absolute atomic E-state index is 6.04. The third-order valence-corrected chi connectivity index (χ3v) is 5.32. The van der Waals surface area contributed by atoms with E-state index in [1.807, 2.05) is 30.5 Å². The Morgan fingerprint density at radius 2 is 2.19 bits per heavy atom. The molecule has 3 rings (SSSR count). The highest BCUT2D eigenvalue weighted by Gasteiger charge is 2.13. The number of anilines is 1. The van der Waals surface area contributed by atoms with Crippen LogP contribution in [0.4, 0.5) is 5.82 Å². The van der Waals surface area contributed by atoms with Gasteiger partial charge in [0.25, 0.3) is 0 Å². The van der Waals surface area contributed by atoms with Crippen LogP contribution in [-0.4, -0.2) is 21.2 Å². The number of benzene rings is 1. The molecule has 0 spiro atoms. The van der Waals surface area contributed by atoms with Crippen molar-refractivity contribution in [2.75, 3.05) is 11.6 Å². The fourth-order valence-corrected chi connectivity index (χ4v) is 3.65. The Morgan fingerprint density at radius 1 is 1.33 bits per heavy atom. The van der Waals surface area contributed by atoms with Crippen molar-refractivity contribution < 1.29 is 0 Å². The summed E-state index contributed by atoms with van der Waals surface area (Å²) in [5, 5.41) is 4.15. The third kappa shape index (κ3) is 3.12. The number of thioether (sulfide) groups is 1. The first kappa shape index (κ1) is 14.6. The molecule has 1 N–H and O–H groups in total. The lowest BCUT2D eigenvalue weighted by Crippen LogP contribution is -2.08. The first-order valence-electron chi connectivity index (χ1n) is 6.35. The minimum absolute atomic E-state index is 0.0987. The molecule has 1 atom stereocenters. The molecule has 0 aliphatic rings. The molecule has 1 aromatic carbocycles. The van der Waals surface area contributed by atoms with Gasteiger partial charge in [0.2, 0.25) is 0 Å². The SMILES string of the molecule is CSc1nc2ncnc(NC(C)c3cccc(Cl)c3)c2s1. The van der Waals surface area contributed by atoms with Crippen LogP contribution in [-0.2, 0) is 0 Å². The van der Waals surface area contributed by atoms with E-state index < -0.39 is 0 Å². The van der Waals surface area contributed by atoms with Crippen molar-refractivity contribution >= 4 is 50.9 Å². The molecule has 21 heavy (non-hydrogen) atoms. The molecule has 0 radical (unpaired) electrons. The maximum Gasteiger partial charge on any atom is 0.176 e. The van der Waals surface area contributed by atoms with Crippen LogP contribution >= 0.6 is 34.7 Å². The van der Waals surface area contributed by atoms with Crippen molar-refractivity contribution in [1.82, 2.24) is 15.0 Å². The summed E-state index contributed by atoms with van der Waals surface area (Å²) in [6, 6.07) is 7.92. The van der Waals surface area contributed by atoms with Crippen LogP contribution in [0.15, 0.2) is 34.9 Å². The zero-order chi connectivity index (χ0) is 14.8. The normalized spacial score (nSPS) is 12.5. The summed E-state index contributed by atoms with van der Waals surface area (Å²) in [6.07, 6.45) is 3.55. The Hall–Kier alpha value is -1.37. The smallest absolute Gasteiger partial charge is 0.176 e. The highest BCUT2D eigenvalue weighted by Crippen LogP contribution is 2.32. The largest absolute Gasteiger partial charge is 0.362 e. The van der Waals surface area contributed by atoms with E-state index in [-0.39, 0.29) is 6.04 Å². The van der Waals surface area contributed by atoms with Crippen LogP contribution in [0.1, 0.15) is 18.5 Å². The predicted octanol–water partition coefficient (Wildman–Crippen LogP) is 4.63. The molecule has 7 heteroatoms. The molecule has 108 valence electrons. The van der Waals surface area contributed by atoms with E-state index >= 15 is 0 Å². The summed E-state index contributed by atoms with van der Waals surface area (Å²) in [4.78, 5) is 13.0. The Bertz CT molecular complexity index is 775. The number of halogens is 1. The van der Waals surface area contributed by atoms with Gasteiger partial charge in [-0.1, -0.05) is 35.5 Å². The van der Waals surface area contributed by atoms with E-state index in [1.54, 1.807) is 29.4 Å². The van der Waals surface area contributed by atoms with Gasteiger partial charge in [-0.05, 0) is 30.9 Å². The van der Waals surface area contributed by atoms with Crippen molar-refractivity contribution in [3.63, 3.8) is 0 Å². The second kappa shape index (κ2) is 6.17. The van der Waals surface area contributed by atoms with E-state index in [0.29, 0.717) is 0 Å². The van der Waals surface area contributed by atoms with Gasteiger partial charge < -0.3 is 5.32 Å². The monoisotopic (exact) mass is 336 g/mol. The second-order valence-corrected chi connectivity index (χ2v) is 6.97. The van der Waals surface area contributed by atoms with Crippen LogP contribution < -0.4 is 5.32 Å². The first-order chi connectivity index (χ1) is 10.2. The number of hydrogen-bond donors (Lipinski definition) is 1. The van der Waals surface area contributed by atoms with Gasteiger partial charge in [-0.15, -0.1) is 11.3 Å². The van der Waals surface area contributed by atoms with Gasteiger partial charge in [0.05, 0.1) is 6.04 Å². The average Bonchev–Trinajstić information content (AvgIpc) is 2.91. The highest BCUT2D eigenvalue weighted by molar-refractivity contribution is 8.00. The number of nitrogens with zero attached hydrogens (tertiary/aromatic N) is 3. The molecule has 2 aromatic heterocycles. The summed E-state index contributed by atoms with van der Waals surface area (Å²) < 4.78 is 1.97. The van der Waals surface area contributed by atoms with E-state index in [1.165, 1.54) is 0 Å². The maximum atomic E-state index is 6.04. The molecular formula is C14H13ClN4S2. The van der Waals surface area contributed by atoms with Gasteiger partial charge >= 0.3 is 0 Å². The molecule has 3 aromatic rings. The molecule has 0 fully saturated rings. The molecule has 4 nitrogen and oxygen atoms in total. The van der Waals surface area contributed by atoms with Gasteiger partial charge in [0.15, 0.2) is 9.99 Å². The zero-order valence-electron chi connectivity index (χ0n) is 11.5. The Balaban J connectivity index is 1.92. The molecule has 0 aliphatic heterocycles. The lowest BCUT2D eigenvalue weighted by atomic mass is 10.1. The summed E-state index contributed by atoms with van der Waals surface area (Å²) in [5.74, 6) is 0.810. The van der Waals surface area contributed by atoms with Gasteiger partial charge in [0.1, 0.15) is 16.8 Å². The number of thiazole rings is 1. The summed E-state index contributed by atoms with van der Waals surface area (Å²) in [5.41, 5.74) is 1.85. The highest BCUT2D eigenvalue weighted by atomic mass is 35.5. The van der Waals surface area contributed by atoms with E-state index in [9.17, 15) is 0 Å². The fourth-order valence-electron chi connectivity index (χ4n) is 1.99. The number of nitrogens with one attached hydrogen (secondary N) is 1. The van der Waals surface area contributed by atoms with E-state index in [4.69, 9.17) is 11.6 Å². The second-order valence-electron chi connectivity index (χ2n) is 4.48. The molecule has 2 heterocycles. The van der Waals surface area contributed by atoms with E-state index in [0.717, 1.165) is 31.1 Å². The quantitative estimate of drug-likeness (QED) is 0.704. The van der Waals surface area contributed by atoms with Crippen LogP contribution in [0, 0.1) is 0 Å². The van der Waals surface area contributed by atoms with Crippen LogP contribution in [0.2, 0.25) is 5.02 Å². The molecule has 0 bridgehead atoms. The number of hydrogen-bond acceptors (Lipinski definition) is 6. The van der Waals surface area contributed by atoms with Gasteiger partial charge in [-0.3, -0.25) is 0 Å². The average molecular weight is 337 g/mol. The topological polar surface area (TPSA) is 50.7 Å². The molecular weight excluding hydrogens is 324 g/mol. The van der Waals surface area contributed by atoms with Crippen LogP contribution in [0.3, 0.4) is 0 Å². The number of rotatable bonds is 4. The van der Waals surface area contributed by atoms with Crippen molar-refractivity contribution in [2.24, 2.45) is 0 Å². The molecule has 1 unspecified atom stereocenters. The molecule has 0 aliphatic carbocycles. The van der Waals surface area contributed by atoms with Crippen LogP contribution in [0.5, 0.6) is 0 Å². The molecule has 0 amide bonds. The Labute approximate surface area is 136 Å². The number of aromatic nitrogens is 3. The van der Waals surface area contributed by atoms with Crippen molar-refractivity contribution in [1.29, 1.82) is 0 Å². The fraction of sp³-hybridized carbons (Fsp3) is 0.214. The minimum atomic E-state index is 0.0987. The first-order valence-corrected chi connectivity index (χ1v) is 8.77. The van der Waals surface area contributed by atoms with Gasteiger partial charge in [-0.2, -0.15) is 0 Å². The van der Waals surface area contributed by atoms with Crippen molar-refractivity contribution in [3.8, 4) is 0 Å². The summed E-state index contributed by atoms with van der Waals surface area (Å²) in [6.45, 7) is 2.08. The lowest BCUT2D eigenvalue weighted by molar-refractivity contribution is 0.876. The minimum Gasteiger partial charge on any atom is -0.362 e. The van der Waals surface area contributed by atoms with Gasteiger partial charge in [0, 0.05) is 5.02 Å². The number of fused-ring (bicyclic) bond motifs is 1. The van der Waals surface area contributed by atoms with E-state index in [2.05, 4.69) is 27.2 Å². The molecule has 0 saturated carbocycles. The molecule has 0 saturated heterocycles. The van der Waals surface area contributed by atoms with Crippen molar-refractivity contribution in [3.05, 3.63) is 41.2 Å². The zero-order valence-corrected chi connectivity index (χ0v) is 13.9. The third-order valence-electron chi connectivity index (χ3n) is 3.05. The summed E-state index contributed by atoms with van der Waals surface area (Å²) in [7, 11) is 0. The lowest BCUT2D eigenvalue weighted by Gasteiger charge is -2.15.